The number of nitriles is 1. The van der Waals surface area contributed by atoms with Crippen molar-refractivity contribution in [1.29, 1.82) is 5.26 Å². The number of benzene rings is 2. The maximum absolute atomic E-state index is 8.79. The Morgan fingerprint density at radius 1 is 1.10 bits per heavy atom. The van der Waals surface area contributed by atoms with Gasteiger partial charge >= 0.3 is 0 Å². The van der Waals surface area contributed by atoms with Gasteiger partial charge in [0.05, 0.1) is 18.2 Å². The molecule has 2 aromatic carbocycles. The van der Waals surface area contributed by atoms with E-state index in [1.54, 1.807) is 24.3 Å². The van der Waals surface area contributed by atoms with Crippen LogP contribution in [0.25, 0.3) is 0 Å². The van der Waals surface area contributed by atoms with Crippen LogP contribution < -0.4 is 9.83 Å². The lowest BCUT2D eigenvalue weighted by Crippen LogP contribution is -2.11. The molecule has 1 atom stereocenters. The maximum Gasteiger partial charge on any atom is 0.269 e. The van der Waals surface area contributed by atoms with Crippen molar-refractivity contribution in [3.63, 3.8) is 0 Å². The van der Waals surface area contributed by atoms with Gasteiger partial charge < -0.3 is 9.05 Å². The van der Waals surface area contributed by atoms with E-state index in [0.717, 1.165) is 5.30 Å². The summed E-state index contributed by atoms with van der Waals surface area (Å²) in [5.74, 6) is 0.615. The van der Waals surface area contributed by atoms with Gasteiger partial charge in [0.15, 0.2) is 0 Å². The van der Waals surface area contributed by atoms with Gasteiger partial charge in [-0.1, -0.05) is 18.2 Å². The minimum atomic E-state index is -2.57. The van der Waals surface area contributed by atoms with E-state index >= 15 is 0 Å². The van der Waals surface area contributed by atoms with Crippen LogP contribution in [-0.2, 0) is 16.3 Å². The summed E-state index contributed by atoms with van der Waals surface area (Å²) in [6.45, 7) is -0.183. The second kappa shape index (κ2) is 6.67. The highest BCUT2D eigenvalue weighted by Crippen LogP contribution is 2.47. The van der Waals surface area contributed by atoms with Crippen molar-refractivity contribution in [1.82, 2.24) is 0 Å². The lowest BCUT2D eigenvalue weighted by atomic mass is 10.2. The summed E-state index contributed by atoms with van der Waals surface area (Å²) < 4.78 is 11.6. The molecule has 102 valence electrons. The largest absolute Gasteiger partial charge is 0.440 e. The molecule has 0 aromatic heterocycles. The topological polar surface area (TPSA) is 42.2 Å². The second-order valence-electron chi connectivity index (χ2n) is 3.98. The molecule has 0 bridgehead atoms. The molecule has 0 N–H and O–H groups in total. The molecule has 2 aromatic rings. The van der Waals surface area contributed by atoms with E-state index in [0.29, 0.717) is 17.9 Å². The van der Waals surface area contributed by atoms with Crippen molar-refractivity contribution in [3.05, 3.63) is 60.2 Å². The van der Waals surface area contributed by atoms with Crippen LogP contribution in [0.2, 0.25) is 0 Å². The first-order valence-corrected chi connectivity index (χ1v) is 8.81. The lowest BCUT2D eigenvalue weighted by Gasteiger charge is -2.22. The van der Waals surface area contributed by atoms with Gasteiger partial charge in [-0.25, -0.2) is 0 Å². The summed E-state index contributed by atoms with van der Waals surface area (Å²) in [6.07, 6.45) is 0. The fraction of sp³-hybridized carbons (Fsp3) is 0.133. The summed E-state index contributed by atoms with van der Waals surface area (Å²) in [4.78, 5) is 0. The van der Waals surface area contributed by atoms with E-state index in [9.17, 15) is 0 Å². The predicted molar refractivity (Wildman–Crippen MR) is 83.8 cm³/mol. The maximum atomic E-state index is 8.79. The van der Waals surface area contributed by atoms with E-state index in [1.165, 1.54) is 0 Å². The third-order valence-electron chi connectivity index (χ3n) is 2.58. The van der Waals surface area contributed by atoms with Crippen molar-refractivity contribution in [2.75, 3.05) is 6.61 Å². The van der Waals surface area contributed by atoms with Gasteiger partial charge in [0, 0.05) is 5.30 Å². The summed E-state index contributed by atoms with van der Waals surface area (Å²) in [5, 5.41) is 9.67. The van der Waals surface area contributed by atoms with Crippen molar-refractivity contribution in [2.45, 2.75) is 6.92 Å². The van der Waals surface area contributed by atoms with Crippen molar-refractivity contribution in [2.24, 2.45) is 0 Å². The molecule has 2 rings (SSSR count). The third-order valence-corrected chi connectivity index (χ3v) is 5.73. The Bertz CT molecular complexity index is 650. The SMILES string of the molecule is CCO[P@](=S)(Oc1ccc(C#N)cc1)c1ccccc1. The molecular formula is C15H14NO2PS. The molecule has 0 heterocycles. The minimum Gasteiger partial charge on any atom is -0.440 e. The Morgan fingerprint density at radius 3 is 2.30 bits per heavy atom. The van der Waals surface area contributed by atoms with Crippen molar-refractivity contribution >= 4 is 23.6 Å². The summed E-state index contributed by atoms with van der Waals surface area (Å²) in [6, 6.07) is 18.5. The standard InChI is InChI=1S/C15H14NO2PS/c1-2-17-19(20,15-6-4-3-5-7-15)18-14-10-8-13(12-16)9-11-14/h3-11H,2H2,1H3/t19-/m0/s1. The highest BCUT2D eigenvalue weighted by Gasteiger charge is 2.22. The number of nitrogens with zero attached hydrogens (tertiary/aromatic N) is 1. The number of hydrogen-bond donors (Lipinski definition) is 0. The van der Waals surface area contributed by atoms with Gasteiger partial charge in [0.1, 0.15) is 5.75 Å². The molecule has 3 nitrogen and oxygen atoms in total. The van der Waals surface area contributed by atoms with Crippen LogP contribution in [0.4, 0.5) is 0 Å². The fourth-order valence-corrected chi connectivity index (χ4v) is 4.19. The van der Waals surface area contributed by atoms with Crippen LogP contribution in [0.15, 0.2) is 54.6 Å². The normalized spacial score (nSPS) is 13.2. The molecule has 0 saturated heterocycles. The summed E-state index contributed by atoms with van der Waals surface area (Å²) in [7, 11) is 0. The van der Waals surface area contributed by atoms with E-state index in [1.807, 2.05) is 37.3 Å². The van der Waals surface area contributed by atoms with Crippen LogP contribution in [0.3, 0.4) is 0 Å². The van der Waals surface area contributed by atoms with E-state index in [2.05, 4.69) is 6.07 Å². The summed E-state index contributed by atoms with van der Waals surface area (Å²) in [5.41, 5.74) is 0.585. The lowest BCUT2D eigenvalue weighted by molar-refractivity contribution is 0.339. The van der Waals surface area contributed by atoms with Gasteiger partial charge in [0.25, 0.3) is 6.49 Å². The van der Waals surface area contributed by atoms with Crippen LogP contribution in [-0.4, -0.2) is 6.61 Å². The molecular weight excluding hydrogens is 289 g/mol. The van der Waals surface area contributed by atoms with Gasteiger partial charge in [0.2, 0.25) is 0 Å². The monoisotopic (exact) mass is 303 g/mol. The second-order valence-corrected chi connectivity index (χ2v) is 7.37. The molecule has 5 heteroatoms. The van der Waals surface area contributed by atoms with Gasteiger partial charge in [-0.15, -0.1) is 0 Å². The molecule has 0 aliphatic carbocycles. The Hall–Kier alpha value is -1.66. The summed E-state index contributed by atoms with van der Waals surface area (Å²) >= 11 is 5.61. The van der Waals surface area contributed by atoms with Crippen LogP contribution in [0.1, 0.15) is 12.5 Å². The van der Waals surface area contributed by atoms with E-state index in [4.69, 9.17) is 26.1 Å². The Morgan fingerprint density at radius 2 is 1.75 bits per heavy atom. The highest BCUT2D eigenvalue weighted by atomic mass is 32.5. The zero-order chi connectivity index (χ0) is 14.4. The number of rotatable bonds is 5. The third kappa shape index (κ3) is 3.46. The first-order chi connectivity index (χ1) is 9.68. The molecule has 0 saturated carbocycles. The molecule has 0 amide bonds. The van der Waals surface area contributed by atoms with Crippen LogP contribution >= 0.6 is 6.49 Å². The zero-order valence-electron chi connectivity index (χ0n) is 11.0. The molecule has 0 radical (unpaired) electrons. The zero-order valence-corrected chi connectivity index (χ0v) is 12.7. The van der Waals surface area contributed by atoms with Crippen LogP contribution in [0, 0.1) is 11.3 Å². The highest BCUT2D eigenvalue weighted by molar-refractivity contribution is 8.13. The first-order valence-electron chi connectivity index (χ1n) is 6.18. The molecule has 0 unspecified atom stereocenters. The molecule has 20 heavy (non-hydrogen) atoms. The van der Waals surface area contributed by atoms with Crippen molar-refractivity contribution in [3.8, 4) is 11.8 Å². The van der Waals surface area contributed by atoms with Gasteiger partial charge in [-0.3, -0.25) is 0 Å². The predicted octanol–water partition coefficient (Wildman–Crippen LogP) is 3.61. The molecule has 0 fully saturated rings. The number of hydrogen-bond acceptors (Lipinski definition) is 4. The van der Waals surface area contributed by atoms with Gasteiger partial charge in [-0.2, -0.15) is 5.26 Å². The Labute approximate surface area is 123 Å². The molecule has 0 aliphatic rings. The Balaban J connectivity index is 2.29. The minimum absolute atomic E-state index is 0.489. The molecule has 0 aliphatic heterocycles. The smallest absolute Gasteiger partial charge is 0.269 e. The van der Waals surface area contributed by atoms with Crippen molar-refractivity contribution < 1.29 is 9.05 Å². The van der Waals surface area contributed by atoms with Crippen LogP contribution in [0.5, 0.6) is 5.75 Å². The molecule has 0 spiro atoms. The Kier molecular flexibility index (Phi) is 4.92. The quantitative estimate of drug-likeness (QED) is 0.791. The fourth-order valence-electron chi connectivity index (χ4n) is 1.66. The van der Waals surface area contributed by atoms with E-state index < -0.39 is 6.49 Å². The first kappa shape index (κ1) is 14.7. The van der Waals surface area contributed by atoms with Gasteiger partial charge in [-0.05, 0) is 55.1 Å². The average Bonchev–Trinajstić information content (AvgIpc) is 2.49. The average molecular weight is 303 g/mol. The van der Waals surface area contributed by atoms with E-state index in [-0.39, 0.29) is 0 Å².